The van der Waals surface area contributed by atoms with Crippen LogP contribution in [-0.4, -0.2) is 36.4 Å². The molecule has 1 saturated heterocycles. The summed E-state index contributed by atoms with van der Waals surface area (Å²) in [6.45, 7) is 3.02. The predicted molar refractivity (Wildman–Crippen MR) is 81.3 cm³/mol. The summed E-state index contributed by atoms with van der Waals surface area (Å²) in [5, 5.41) is 12.1. The molecule has 1 fully saturated rings. The maximum atomic E-state index is 12.3. The van der Waals surface area contributed by atoms with Crippen molar-refractivity contribution in [2.24, 2.45) is 0 Å². The maximum absolute atomic E-state index is 12.3. The molecule has 0 aromatic heterocycles. The Kier molecular flexibility index (Phi) is 5.24. The molecule has 2 rings (SSSR count). The second-order valence-electron chi connectivity index (χ2n) is 5.33. The summed E-state index contributed by atoms with van der Waals surface area (Å²) in [6.07, 6.45) is 1.83. The van der Waals surface area contributed by atoms with Crippen molar-refractivity contribution in [3.63, 3.8) is 0 Å². The summed E-state index contributed by atoms with van der Waals surface area (Å²) < 4.78 is 5.43. The van der Waals surface area contributed by atoms with Crippen molar-refractivity contribution < 1.29 is 14.6 Å². The van der Waals surface area contributed by atoms with Crippen LogP contribution in [0.3, 0.4) is 0 Å². The lowest BCUT2D eigenvalue weighted by Gasteiger charge is -2.34. The molecule has 2 N–H and O–H groups in total. The van der Waals surface area contributed by atoms with Crippen LogP contribution in [0.5, 0.6) is 0 Å². The first-order valence-electron chi connectivity index (χ1n) is 6.84. The van der Waals surface area contributed by atoms with E-state index in [0.29, 0.717) is 22.8 Å². The standard InChI is InChI=1S/C16H18ClNO3/c1-16(7-3-9-21-11-16)18-15(20)13-6-5-12(4-2-8-19)14(17)10-13/h5-6,10,19H,3,7-9,11H2,1H3,(H,18,20). The molecule has 21 heavy (non-hydrogen) atoms. The first-order valence-corrected chi connectivity index (χ1v) is 7.21. The van der Waals surface area contributed by atoms with E-state index in [-0.39, 0.29) is 18.1 Å². The van der Waals surface area contributed by atoms with Crippen LogP contribution in [0.4, 0.5) is 0 Å². The molecule has 1 atom stereocenters. The molecule has 1 aromatic carbocycles. The van der Waals surface area contributed by atoms with Crippen molar-refractivity contribution >= 4 is 17.5 Å². The van der Waals surface area contributed by atoms with Crippen molar-refractivity contribution in [1.82, 2.24) is 5.32 Å². The number of rotatable bonds is 2. The number of benzene rings is 1. The van der Waals surface area contributed by atoms with Gasteiger partial charge < -0.3 is 15.2 Å². The van der Waals surface area contributed by atoms with Gasteiger partial charge in [0.2, 0.25) is 0 Å². The Morgan fingerprint density at radius 2 is 2.38 bits per heavy atom. The van der Waals surface area contributed by atoms with Gasteiger partial charge in [-0.2, -0.15) is 0 Å². The number of carbonyl (C=O) groups excluding carboxylic acids is 1. The van der Waals surface area contributed by atoms with E-state index in [1.807, 2.05) is 6.92 Å². The Hall–Kier alpha value is -1.54. The number of halogens is 1. The summed E-state index contributed by atoms with van der Waals surface area (Å²) in [5.41, 5.74) is 0.743. The zero-order valence-corrected chi connectivity index (χ0v) is 12.7. The van der Waals surface area contributed by atoms with Crippen LogP contribution < -0.4 is 5.32 Å². The van der Waals surface area contributed by atoms with E-state index in [0.717, 1.165) is 19.4 Å². The Balaban J connectivity index is 2.11. The number of nitrogens with one attached hydrogen (secondary N) is 1. The number of aliphatic hydroxyl groups is 1. The van der Waals surface area contributed by atoms with Gasteiger partial charge in [0.05, 0.1) is 17.2 Å². The molecule has 1 aliphatic heterocycles. The lowest BCUT2D eigenvalue weighted by Crippen LogP contribution is -2.51. The Labute approximate surface area is 129 Å². The van der Waals surface area contributed by atoms with Gasteiger partial charge in [0, 0.05) is 17.7 Å². The van der Waals surface area contributed by atoms with Crippen LogP contribution >= 0.6 is 11.6 Å². The molecule has 0 aliphatic carbocycles. The molecule has 0 radical (unpaired) electrons. The first-order chi connectivity index (χ1) is 10.0. The number of ether oxygens (including phenoxy) is 1. The molecule has 1 heterocycles. The second kappa shape index (κ2) is 6.95. The molecule has 0 spiro atoms. The van der Waals surface area contributed by atoms with Gasteiger partial charge >= 0.3 is 0 Å². The van der Waals surface area contributed by atoms with Gasteiger partial charge in [-0.15, -0.1) is 0 Å². The Morgan fingerprint density at radius 1 is 1.57 bits per heavy atom. The van der Waals surface area contributed by atoms with Crippen LogP contribution in [0.2, 0.25) is 5.02 Å². The minimum atomic E-state index is -0.336. The molecule has 112 valence electrons. The minimum Gasteiger partial charge on any atom is -0.384 e. The fourth-order valence-electron chi connectivity index (χ4n) is 2.27. The van der Waals surface area contributed by atoms with Crippen LogP contribution in [0.25, 0.3) is 0 Å². The average molecular weight is 308 g/mol. The summed E-state index contributed by atoms with van der Waals surface area (Å²) in [4.78, 5) is 12.3. The highest BCUT2D eigenvalue weighted by atomic mass is 35.5. The lowest BCUT2D eigenvalue weighted by atomic mass is 9.94. The molecule has 5 heteroatoms. The maximum Gasteiger partial charge on any atom is 0.251 e. The molecule has 0 saturated carbocycles. The lowest BCUT2D eigenvalue weighted by molar-refractivity contribution is 0.0272. The van der Waals surface area contributed by atoms with Gasteiger partial charge in [0.1, 0.15) is 6.61 Å². The number of hydrogen-bond donors (Lipinski definition) is 2. The van der Waals surface area contributed by atoms with E-state index < -0.39 is 0 Å². The van der Waals surface area contributed by atoms with Crippen LogP contribution in [0.15, 0.2) is 18.2 Å². The van der Waals surface area contributed by atoms with Crippen molar-refractivity contribution in [1.29, 1.82) is 0 Å². The van der Waals surface area contributed by atoms with Gasteiger partial charge in [-0.25, -0.2) is 0 Å². The average Bonchev–Trinajstić information content (AvgIpc) is 2.46. The van der Waals surface area contributed by atoms with E-state index in [1.54, 1.807) is 18.2 Å². The van der Waals surface area contributed by atoms with E-state index in [9.17, 15) is 4.79 Å². The van der Waals surface area contributed by atoms with Gasteiger partial charge in [-0.1, -0.05) is 23.4 Å². The first kappa shape index (κ1) is 15.8. The molecule has 1 unspecified atom stereocenters. The molecular formula is C16H18ClNO3. The van der Waals surface area contributed by atoms with Gasteiger partial charge in [0.25, 0.3) is 5.91 Å². The SMILES string of the molecule is CC1(NC(=O)c2ccc(C#CCO)c(Cl)c2)CCCOC1. The third-order valence-corrected chi connectivity index (χ3v) is 3.70. The Bertz CT molecular complexity index is 583. The Morgan fingerprint density at radius 3 is 3.00 bits per heavy atom. The molecule has 1 aromatic rings. The van der Waals surface area contributed by atoms with Crippen molar-refractivity contribution in [2.75, 3.05) is 19.8 Å². The smallest absolute Gasteiger partial charge is 0.251 e. The highest BCUT2D eigenvalue weighted by molar-refractivity contribution is 6.32. The molecule has 1 amide bonds. The number of carbonyl (C=O) groups is 1. The van der Waals surface area contributed by atoms with E-state index >= 15 is 0 Å². The van der Waals surface area contributed by atoms with Crippen molar-refractivity contribution in [3.05, 3.63) is 34.3 Å². The highest BCUT2D eigenvalue weighted by Gasteiger charge is 2.29. The summed E-state index contributed by atoms with van der Waals surface area (Å²) in [7, 11) is 0. The quantitative estimate of drug-likeness (QED) is 0.822. The molecule has 0 bridgehead atoms. The molecule has 4 nitrogen and oxygen atoms in total. The fraction of sp³-hybridized carbons (Fsp3) is 0.438. The van der Waals surface area contributed by atoms with Gasteiger partial charge in [0.15, 0.2) is 0 Å². The van der Waals surface area contributed by atoms with E-state index in [2.05, 4.69) is 17.2 Å². The van der Waals surface area contributed by atoms with Gasteiger partial charge in [-0.3, -0.25) is 4.79 Å². The summed E-state index contributed by atoms with van der Waals surface area (Å²) in [5.74, 6) is 5.09. The number of hydrogen-bond acceptors (Lipinski definition) is 3. The zero-order chi connectivity index (χ0) is 15.3. The largest absolute Gasteiger partial charge is 0.384 e. The van der Waals surface area contributed by atoms with Crippen LogP contribution in [0.1, 0.15) is 35.7 Å². The highest BCUT2D eigenvalue weighted by Crippen LogP contribution is 2.21. The van der Waals surface area contributed by atoms with Crippen LogP contribution in [-0.2, 0) is 4.74 Å². The molecule has 1 aliphatic rings. The summed E-state index contributed by atoms with van der Waals surface area (Å²) in [6, 6.07) is 4.95. The van der Waals surface area contributed by atoms with Crippen LogP contribution in [0, 0.1) is 11.8 Å². The number of amides is 1. The normalized spacial score (nSPS) is 21.3. The van der Waals surface area contributed by atoms with Gasteiger partial charge in [-0.05, 0) is 38.0 Å². The topological polar surface area (TPSA) is 58.6 Å². The van der Waals surface area contributed by atoms with E-state index in [4.69, 9.17) is 21.4 Å². The minimum absolute atomic E-state index is 0.174. The third-order valence-electron chi connectivity index (χ3n) is 3.39. The second-order valence-corrected chi connectivity index (χ2v) is 5.73. The monoisotopic (exact) mass is 307 g/mol. The summed E-state index contributed by atoms with van der Waals surface area (Å²) >= 11 is 6.10. The third kappa shape index (κ3) is 4.21. The van der Waals surface area contributed by atoms with Crippen molar-refractivity contribution in [3.8, 4) is 11.8 Å². The fourth-order valence-corrected chi connectivity index (χ4v) is 2.50. The zero-order valence-electron chi connectivity index (χ0n) is 11.9. The van der Waals surface area contributed by atoms with E-state index in [1.165, 1.54) is 0 Å². The molecular weight excluding hydrogens is 290 g/mol. The predicted octanol–water partition coefficient (Wildman–Crippen LogP) is 1.98. The van der Waals surface area contributed by atoms with Crippen molar-refractivity contribution in [2.45, 2.75) is 25.3 Å². The number of aliphatic hydroxyl groups excluding tert-OH is 1.